The third-order valence-electron chi connectivity index (χ3n) is 3.31. The van der Waals surface area contributed by atoms with E-state index in [0.29, 0.717) is 18.0 Å². The van der Waals surface area contributed by atoms with E-state index in [-0.39, 0.29) is 24.1 Å². The molecule has 0 spiro atoms. The Kier molecular flexibility index (Phi) is 4.67. The fourth-order valence-electron chi connectivity index (χ4n) is 2.17. The van der Waals surface area contributed by atoms with Crippen LogP contribution in [0.4, 0.5) is 5.69 Å². The first-order chi connectivity index (χ1) is 10.0. The van der Waals surface area contributed by atoms with E-state index in [1.54, 1.807) is 13.0 Å². The molecule has 0 saturated heterocycles. The number of hydrogen-bond acceptors (Lipinski definition) is 4. The average Bonchev–Trinajstić information content (AvgIpc) is 2.44. The summed E-state index contributed by atoms with van der Waals surface area (Å²) in [5, 5.41) is 12.3. The van der Waals surface area contributed by atoms with E-state index in [2.05, 4.69) is 5.32 Å². The van der Waals surface area contributed by atoms with Gasteiger partial charge in [0.2, 0.25) is 5.91 Å². The van der Waals surface area contributed by atoms with Crippen LogP contribution in [0, 0.1) is 0 Å². The van der Waals surface area contributed by atoms with Crippen LogP contribution in [-0.2, 0) is 9.59 Å². The number of anilines is 1. The van der Waals surface area contributed by atoms with Crippen molar-refractivity contribution in [2.45, 2.75) is 32.8 Å². The number of nitrogens with zero attached hydrogens (tertiary/aromatic N) is 1. The van der Waals surface area contributed by atoms with Crippen LogP contribution in [0.15, 0.2) is 18.2 Å². The van der Waals surface area contributed by atoms with Gasteiger partial charge in [0, 0.05) is 12.6 Å². The maximum Gasteiger partial charge on any atom is 0.268 e. The number of benzene rings is 1. The lowest BCUT2D eigenvalue weighted by Gasteiger charge is -2.32. The van der Waals surface area contributed by atoms with Gasteiger partial charge in [-0.3, -0.25) is 14.5 Å². The summed E-state index contributed by atoms with van der Waals surface area (Å²) in [5.74, 6) is -0.00476. The number of amides is 2. The number of aromatic hydroxyl groups is 1. The number of nitrogens with one attached hydrogen (secondary N) is 1. The predicted molar refractivity (Wildman–Crippen MR) is 78.5 cm³/mol. The molecule has 1 atom stereocenters. The molecule has 1 aliphatic heterocycles. The molecule has 1 aromatic rings. The molecule has 0 radical (unpaired) electrons. The number of phenolic OH excluding ortho intramolecular Hbond substituents is 1. The molecule has 2 rings (SSSR count). The first kappa shape index (κ1) is 15.2. The van der Waals surface area contributed by atoms with E-state index in [4.69, 9.17) is 4.74 Å². The van der Waals surface area contributed by atoms with Crippen LogP contribution in [0.3, 0.4) is 0 Å². The van der Waals surface area contributed by atoms with Crippen molar-refractivity contribution >= 4 is 17.5 Å². The number of phenols is 1. The fourth-order valence-corrected chi connectivity index (χ4v) is 2.17. The molecule has 1 unspecified atom stereocenters. The van der Waals surface area contributed by atoms with Gasteiger partial charge in [-0.1, -0.05) is 13.3 Å². The maximum atomic E-state index is 12.2. The Hall–Kier alpha value is -2.24. The summed E-state index contributed by atoms with van der Waals surface area (Å²) in [6.45, 7) is 4.22. The van der Waals surface area contributed by atoms with E-state index < -0.39 is 6.10 Å². The highest BCUT2D eigenvalue weighted by molar-refractivity contribution is 6.03. The molecule has 1 aliphatic rings. The molecule has 0 aliphatic carbocycles. The second-order valence-corrected chi connectivity index (χ2v) is 5.04. The van der Waals surface area contributed by atoms with Gasteiger partial charge in [0.15, 0.2) is 6.10 Å². The van der Waals surface area contributed by atoms with Crippen LogP contribution < -0.4 is 15.0 Å². The summed E-state index contributed by atoms with van der Waals surface area (Å²) in [5.41, 5.74) is 0.501. The smallest absolute Gasteiger partial charge is 0.268 e. The highest BCUT2D eigenvalue weighted by atomic mass is 16.5. The summed E-state index contributed by atoms with van der Waals surface area (Å²) in [7, 11) is 0. The first-order valence-electron chi connectivity index (χ1n) is 7.10. The third-order valence-corrected chi connectivity index (χ3v) is 3.31. The quantitative estimate of drug-likeness (QED) is 0.805. The highest BCUT2D eigenvalue weighted by Crippen LogP contribution is 2.36. The van der Waals surface area contributed by atoms with E-state index in [1.807, 2.05) is 6.92 Å². The topological polar surface area (TPSA) is 78.9 Å². The van der Waals surface area contributed by atoms with Crippen LogP contribution in [-0.4, -0.2) is 36.1 Å². The zero-order chi connectivity index (χ0) is 15.4. The monoisotopic (exact) mass is 292 g/mol. The summed E-state index contributed by atoms with van der Waals surface area (Å²) in [4.78, 5) is 25.5. The van der Waals surface area contributed by atoms with Gasteiger partial charge in [-0.05, 0) is 25.5 Å². The van der Waals surface area contributed by atoms with Gasteiger partial charge < -0.3 is 15.2 Å². The molecule has 6 heteroatoms. The summed E-state index contributed by atoms with van der Waals surface area (Å²) in [6, 6.07) is 4.49. The molecule has 1 heterocycles. The molecule has 21 heavy (non-hydrogen) atoms. The number of carbonyl (C=O) groups is 2. The van der Waals surface area contributed by atoms with E-state index >= 15 is 0 Å². The molecule has 0 aromatic heterocycles. The van der Waals surface area contributed by atoms with E-state index in [0.717, 1.165) is 12.8 Å². The Balaban J connectivity index is 2.14. The van der Waals surface area contributed by atoms with Crippen LogP contribution in [0.2, 0.25) is 0 Å². The van der Waals surface area contributed by atoms with Crippen molar-refractivity contribution in [1.29, 1.82) is 0 Å². The standard InChI is InChI=1S/C15H20N2O4/c1-3-4-7-16-14(19)9-17-12-6-5-11(18)8-13(12)21-10(2)15(17)20/h5-6,8,10,18H,3-4,7,9H2,1-2H3,(H,16,19). The van der Waals surface area contributed by atoms with Crippen molar-refractivity contribution in [2.75, 3.05) is 18.0 Å². The van der Waals surface area contributed by atoms with Crippen molar-refractivity contribution in [3.05, 3.63) is 18.2 Å². The number of rotatable bonds is 5. The van der Waals surface area contributed by atoms with Gasteiger partial charge >= 0.3 is 0 Å². The van der Waals surface area contributed by atoms with E-state index in [1.165, 1.54) is 17.0 Å². The Morgan fingerprint density at radius 2 is 2.24 bits per heavy atom. The van der Waals surface area contributed by atoms with Gasteiger partial charge in [0.25, 0.3) is 5.91 Å². The molecular formula is C15H20N2O4. The Morgan fingerprint density at radius 3 is 2.95 bits per heavy atom. The lowest BCUT2D eigenvalue weighted by Crippen LogP contribution is -2.48. The largest absolute Gasteiger partial charge is 0.508 e. The number of ether oxygens (including phenoxy) is 1. The second-order valence-electron chi connectivity index (χ2n) is 5.04. The van der Waals surface area contributed by atoms with Crippen LogP contribution >= 0.6 is 0 Å². The van der Waals surface area contributed by atoms with Gasteiger partial charge in [-0.15, -0.1) is 0 Å². The van der Waals surface area contributed by atoms with Crippen molar-refractivity contribution in [3.63, 3.8) is 0 Å². The van der Waals surface area contributed by atoms with Crippen molar-refractivity contribution in [2.24, 2.45) is 0 Å². The van der Waals surface area contributed by atoms with Crippen LogP contribution in [0.25, 0.3) is 0 Å². The van der Waals surface area contributed by atoms with Crippen LogP contribution in [0.1, 0.15) is 26.7 Å². The SMILES string of the molecule is CCCCNC(=O)CN1C(=O)C(C)Oc2cc(O)ccc21. The maximum absolute atomic E-state index is 12.2. The minimum absolute atomic E-state index is 0.0476. The average molecular weight is 292 g/mol. The third kappa shape index (κ3) is 3.45. The summed E-state index contributed by atoms with van der Waals surface area (Å²) in [6.07, 6.45) is 1.22. The summed E-state index contributed by atoms with van der Waals surface area (Å²) >= 11 is 0. The van der Waals surface area contributed by atoms with Gasteiger partial charge in [-0.25, -0.2) is 0 Å². The Morgan fingerprint density at radius 1 is 1.48 bits per heavy atom. The van der Waals surface area contributed by atoms with E-state index in [9.17, 15) is 14.7 Å². The lowest BCUT2D eigenvalue weighted by atomic mass is 10.1. The zero-order valence-corrected chi connectivity index (χ0v) is 12.3. The number of hydrogen-bond donors (Lipinski definition) is 2. The van der Waals surface area contributed by atoms with Gasteiger partial charge in [0.1, 0.15) is 18.0 Å². The number of unbranched alkanes of at least 4 members (excludes halogenated alkanes) is 1. The van der Waals surface area contributed by atoms with Crippen LogP contribution in [0.5, 0.6) is 11.5 Å². The molecule has 1 aromatic carbocycles. The molecule has 0 bridgehead atoms. The highest BCUT2D eigenvalue weighted by Gasteiger charge is 2.32. The Labute approximate surface area is 123 Å². The minimum atomic E-state index is -0.678. The number of carbonyl (C=O) groups excluding carboxylic acids is 2. The molecule has 6 nitrogen and oxygen atoms in total. The molecular weight excluding hydrogens is 272 g/mol. The van der Waals surface area contributed by atoms with Crippen molar-refractivity contribution in [1.82, 2.24) is 5.32 Å². The van der Waals surface area contributed by atoms with Gasteiger partial charge in [0.05, 0.1) is 5.69 Å². The zero-order valence-electron chi connectivity index (χ0n) is 12.3. The summed E-state index contributed by atoms with van der Waals surface area (Å²) < 4.78 is 5.45. The van der Waals surface area contributed by atoms with Crippen molar-refractivity contribution < 1.29 is 19.4 Å². The predicted octanol–water partition coefficient (Wildman–Crippen LogP) is 1.42. The second kappa shape index (κ2) is 6.47. The molecule has 0 saturated carbocycles. The molecule has 2 N–H and O–H groups in total. The lowest BCUT2D eigenvalue weighted by molar-refractivity contribution is -0.128. The molecule has 0 fully saturated rings. The first-order valence-corrected chi connectivity index (χ1v) is 7.10. The molecule has 2 amide bonds. The Bertz CT molecular complexity index is 544. The molecule has 114 valence electrons. The number of fused-ring (bicyclic) bond motifs is 1. The fraction of sp³-hybridized carbons (Fsp3) is 0.467. The van der Waals surface area contributed by atoms with Crippen molar-refractivity contribution in [3.8, 4) is 11.5 Å². The normalized spacial score (nSPS) is 17.1. The minimum Gasteiger partial charge on any atom is -0.508 e. The van der Waals surface area contributed by atoms with Gasteiger partial charge in [-0.2, -0.15) is 0 Å².